The quantitative estimate of drug-likeness (QED) is 0.567. The summed E-state index contributed by atoms with van der Waals surface area (Å²) >= 11 is 6.02. The molecule has 1 atom stereocenters. The molecule has 2 rings (SSSR count). The summed E-state index contributed by atoms with van der Waals surface area (Å²) in [4.78, 5) is 27.4. The molecule has 2 aromatic carbocycles. The number of nitrogens with one attached hydrogen (secondary N) is 1. The number of nitrogens with zero attached hydrogens (tertiary/aromatic N) is 2. The fourth-order valence-corrected chi connectivity index (χ4v) is 4.69. The van der Waals surface area contributed by atoms with Crippen LogP contribution in [-0.2, 0) is 26.0 Å². The first-order valence-corrected chi connectivity index (χ1v) is 12.6. The van der Waals surface area contributed by atoms with Gasteiger partial charge in [0.25, 0.3) is 0 Å². The van der Waals surface area contributed by atoms with E-state index in [1.165, 1.54) is 11.9 Å². The maximum atomic E-state index is 13.4. The molecule has 0 bridgehead atoms. The Labute approximate surface area is 195 Å². The molecule has 2 aromatic rings. The summed E-state index contributed by atoms with van der Waals surface area (Å²) in [5, 5.41) is 3.07. The van der Waals surface area contributed by atoms with Crippen LogP contribution in [0.2, 0.25) is 5.02 Å². The summed E-state index contributed by atoms with van der Waals surface area (Å²) in [5.74, 6) is -0.737. The Bertz CT molecular complexity index is 1040. The molecular weight excluding hydrogens is 450 g/mol. The van der Waals surface area contributed by atoms with Gasteiger partial charge in [-0.2, -0.15) is 0 Å². The number of amides is 2. The van der Waals surface area contributed by atoms with E-state index in [9.17, 15) is 18.0 Å². The Kier molecular flexibility index (Phi) is 9.09. The molecule has 0 heterocycles. The molecule has 0 radical (unpaired) electrons. The van der Waals surface area contributed by atoms with Crippen LogP contribution in [0.25, 0.3) is 0 Å². The van der Waals surface area contributed by atoms with Gasteiger partial charge in [0, 0.05) is 18.6 Å². The Hall–Kier alpha value is -2.58. The van der Waals surface area contributed by atoms with Gasteiger partial charge in [-0.1, -0.05) is 48.9 Å². The van der Waals surface area contributed by atoms with Crippen LogP contribution in [0.15, 0.2) is 48.5 Å². The van der Waals surface area contributed by atoms with Gasteiger partial charge in [0.1, 0.15) is 12.6 Å². The molecule has 0 aliphatic heterocycles. The largest absolute Gasteiger partial charge is 0.357 e. The van der Waals surface area contributed by atoms with E-state index in [4.69, 9.17) is 11.6 Å². The molecule has 0 aromatic heterocycles. The molecule has 174 valence electrons. The zero-order valence-electron chi connectivity index (χ0n) is 18.8. The third-order valence-electron chi connectivity index (χ3n) is 5.22. The predicted molar refractivity (Wildman–Crippen MR) is 128 cm³/mol. The number of likely N-dealkylation sites (N-methyl/N-ethyl adjacent to an activating group) is 1. The Morgan fingerprint density at radius 3 is 2.31 bits per heavy atom. The number of halogens is 1. The van der Waals surface area contributed by atoms with Crippen LogP contribution < -0.4 is 9.62 Å². The second-order valence-corrected chi connectivity index (χ2v) is 9.90. The number of hydrogen-bond donors (Lipinski definition) is 1. The van der Waals surface area contributed by atoms with E-state index in [0.29, 0.717) is 29.1 Å². The SMILES string of the molecule is CC[C@H](C(=O)NC)N(CCc1ccccc1)C(=O)CN(c1ccc(Cl)cc1C)S(C)(=O)=O. The third kappa shape index (κ3) is 6.71. The van der Waals surface area contributed by atoms with Crippen LogP contribution in [-0.4, -0.2) is 57.6 Å². The van der Waals surface area contributed by atoms with E-state index in [-0.39, 0.29) is 12.5 Å². The molecule has 7 nitrogen and oxygen atoms in total. The van der Waals surface area contributed by atoms with Crippen LogP contribution in [0.5, 0.6) is 0 Å². The predicted octanol–water partition coefficient (Wildman–Crippen LogP) is 3.01. The molecule has 9 heteroatoms. The lowest BCUT2D eigenvalue weighted by Gasteiger charge is -2.33. The normalized spacial score (nSPS) is 12.2. The molecule has 1 N–H and O–H groups in total. The highest BCUT2D eigenvalue weighted by Crippen LogP contribution is 2.26. The van der Waals surface area contributed by atoms with Gasteiger partial charge in [-0.05, 0) is 49.1 Å². The first-order chi connectivity index (χ1) is 15.1. The van der Waals surface area contributed by atoms with Crippen molar-refractivity contribution < 1.29 is 18.0 Å². The summed E-state index contributed by atoms with van der Waals surface area (Å²) in [6, 6.07) is 13.7. The van der Waals surface area contributed by atoms with Crippen molar-refractivity contribution in [3.63, 3.8) is 0 Å². The number of anilines is 1. The van der Waals surface area contributed by atoms with Crippen molar-refractivity contribution in [3.05, 3.63) is 64.7 Å². The highest BCUT2D eigenvalue weighted by atomic mass is 35.5. The Balaban J connectivity index is 2.37. The van der Waals surface area contributed by atoms with E-state index in [2.05, 4.69) is 5.32 Å². The molecule has 0 fully saturated rings. The van der Waals surface area contributed by atoms with Crippen molar-refractivity contribution in [2.45, 2.75) is 32.7 Å². The number of benzene rings is 2. The van der Waals surface area contributed by atoms with E-state index in [1.54, 1.807) is 25.1 Å². The maximum absolute atomic E-state index is 13.4. The van der Waals surface area contributed by atoms with Crippen molar-refractivity contribution in [2.75, 3.05) is 30.7 Å². The van der Waals surface area contributed by atoms with Gasteiger partial charge in [0.15, 0.2) is 0 Å². The zero-order valence-corrected chi connectivity index (χ0v) is 20.4. The first kappa shape index (κ1) is 25.7. The van der Waals surface area contributed by atoms with Crippen molar-refractivity contribution in [1.82, 2.24) is 10.2 Å². The molecule has 2 amide bonds. The maximum Gasteiger partial charge on any atom is 0.244 e. The average Bonchev–Trinajstić information content (AvgIpc) is 2.74. The highest BCUT2D eigenvalue weighted by molar-refractivity contribution is 7.92. The molecule has 32 heavy (non-hydrogen) atoms. The van der Waals surface area contributed by atoms with Crippen molar-refractivity contribution in [3.8, 4) is 0 Å². The minimum absolute atomic E-state index is 0.284. The molecule has 0 aliphatic rings. The summed E-state index contributed by atoms with van der Waals surface area (Å²) in [6.07, 6.45) is 2.00. The lowest BCUT2D eigenvalue weighted by molar-refractivity contribution is -0.139. The number of rotatable bonds is 10. The second-order valence-electron chi connectivity index (χ2n) is 7.56. The van der Waals surface area contributed by atoms with Crippen LogP contribution >= 0.6 is 11.6 Å². The van der Waals surface area contributed by atoms with Crippen LogP contribution in [0.4, 0.5) is 5.69 Å². The van der Waals surface area contributed by atoms with E-state index >= 15 is 0 Å². The fourth-order valence-electron chi connectivity index (χ4n) is 3.56. The van der Waals surface area contributed by atoms with Gasteiger partial charge in [0.05, 0.1) is 11.9 Å². The zero-order chi connectivity index (χ0) is 23.9. The lowest BCUT2D eigenvalue weighted by Crippen LogP contribution is -2.52. The fraction of sp³-hybridized carbons (Fsp3) is 0.391. The van der Waals surface area contributed by atoms with Gasteiger partial charge < -0.3 is 10.2 Å². The molecule has 0 saturated heterocycles. The van der Waals surface area contributed by atoms with Gasteiger partial charge in [-0.25, -0.2) is 8.42 Å². The molecule has 0 unspecified atom stereocenters. The molecule has 0 aliphatic carbocycles. The van der Waals surface area contributed by atoms with E-state index in [0.717, 1.165) is 16.1 Å². The van der Waals surface area contributed by atoms with Crippen LogP contribution in [0.1, 0.15) is 24.5 Å². The molecule has 0 spiro atoms. The first-order valence-electron chi connectivity index (χ1n) is 10.4. The summed E-state index contributed by atoms with van der Waals surface area (Å²) in [5.41, 5.74) is 2.02. The standard InChI is InChI=1S/C23H30ClN3O4S/c1-5-20(23(29)25-3)26(14-13-18-9-7-6-8-10-18)22(28)16-27(32(4,30)31)21-12-11-19(24)15-17(21)2/h6-12,15,20H,5,13-14,16H2,1-4H3,(H,25,29)/t20-/m1/s1. The van der Waals surface area contributed by atoms with Crippen LogP contribution in [0.3, 0.4) is 0 Å². The Morgan fingerprint density at radius 1 is 1.12 bits per heavy atom. The van der Waals surface area contributed by atoms with Crippen molar-refractivity contribution in [1.29, 1.82) is 0 Å². The molecular formula is C23H30ClN3O4S. The van der Waals surface area contributed by atoms with Gasteiger partial charge in [-0.3, -0.25) is 13.9 Å². The van der Waals surface area contributed by atoms with Gasteiger partial charge >= 0.3 is 0 Å². The summed E-state index contributed by atoms with van der Waals surface area (Å²) in [7, 11) is -2.25. The van der Waals surface area contributed by atoms with Gasteiger partial charge in [0.2, 0.25) is 21.8 Å². The number of hydrogen-bond acceptors (Lipinski definition) is 4. The number of sulfonamides is 1. The smallest absolute Gasteiger partial charge is 0.244 e. The monoisotopic (exact) mass is 479 g/mol. The minimum atomic E-state index is -3.77. The topological polar surface area (TPSA) is 86.8 Å². The average molecular weight is 480 g/mol. The second kappa shape index (κ2) is 11.3. The van der Waals surface area contributed by atoms with E-state index in [1.807, 2.05) is 37.3 Å². The summed E-state index contributed by atoms with van der Waals surface area (Å²) < 4.78 is 26.2. The molecule has 0 saturated carbocycles. The summed E-state index contributed by atoms with van der Waals surface area (Å²) in [6.45, 7) is 3.42. The number of carbonyl (C=O) groups is 2. The van der Waals surface area contributed by atoms with Crippen molar-refractivity contribution >= 4 is 39.1 Å². The number of aryl methyl sites for hydroxylation is 1. The van der Waals surface area contributed by atoms with Crippen molar-refractivity contribution in [2.24, 2.45) is 0 Å². The third-order valence-corrected chi connectivity index (χ3v) is 6.58. The minimum Gasteiger partial charge on any atom is -0.357 e. The lowest BCUT2D eigenvalue weighted by atomic mass is 10.1. The van der Waals surface area contributed by atoms with E-state index < -0.39 is 28.5 Å². The van der Waals surface area contributed by atoms with Crippen LogP contribution in [0, 0.1) is 6.92 Å². The Morgan fingerprint density at radius 2 is 1.78 bits per heavy atom. The van der Waals surface area contributed by atoms with Gasteiger partial charge in [-0.15, -0.1) is 0 Å². The highest BCUT2D eigenvalue weighted by Gasteiger charge is 2.31. The number of carbonyl (C=O) groups excluding carboxylic acids is 2.